The molecular weight excluding hydrogens is 476 g/mol. The van der Waals surface area contributed by atoms with Crippen LogP contribution >= 0.6 is 15.9 Å². The molecule has 0 amide bonds. The van der Waals surface area contributed by atoms with Crippen LogP contribution in [-0.2, 0) is 9.47 Å². The third-order valence-electron chi connectivity index (χ3n) is 5.09. The van der Waals surface area contributed by atoms with Crippen LogP contribution in [0.25, 0.3) is 27.5 Å². The van der Waals surface area contributed by atoms with Crippen LogP contribution in [0.3, 0.4) is 0 Å². The number of aromatic nitrogens is 1. The number of nitro benzene ring substituents is 1. The number of halogens is 1. The molecule has 0 bridgehead atoms. The van der Waals surface area contributed by atoms with Crippen LogP contribution in [0.15, 0.2) is 65.1 Å². The molecule has 0 fully saturated rings. The number of ether oxygens (including phenoxy) is 3. The van der Waals surface area contributed by atoms with Gasteiger partial charge in [0.2, 0.25) is 0 Å². The molecule has 0 aliphatic carbocycles. The second kappa shape index (κ2) is 10.1. The monoisotopic (exact) mass is 498 g/mol. The second-order valence-corrected chi connectivity index (χ2v) is 8.02. The molecule has 0 spiro atoms. The van der Waals surface area contributed by atoms with Crippen molar-refractivity contribution in [1.82, 2.24) is 4.57 Å². The zero-order chi connectivity index (χ0) is 22.5. The van der Waals surface area contributed by atoms with Crippen LogP contribution in [0, 0.1) is 10.1 Å². The number of hydrogen-bond donors (Lipinski definition) is 0. The van der Waals surface area contributed by atoms with E-state index < -0.39 is 0 Å². The molecule has 1 aromatic heterocycles. The summed E-state index contributed by atoms with van der Waals surface area (Å²) < 4.78 is 19.5. The summed E-state index contributed by atoms with van der Waals surface area (Å²) >= 11 is 3.51. The highest BCUT2D eigenvalue weighted by atomic mass is 79.9. The lowest BCUT2D eigenvalue weighted by atomic mass is 10.1. The summed E-state index contributed by atoms with van der Waals surface area (Å²) in [6.45, 7) is 4.73. The summed E-state index contributed by atoms with van der Waals surface area (Å²) in [6, 6.07) is 18.7. The minimum Gasteiger partial charge on any atom is -0.491 e. The molecular formula is C24H23BrN2O5. The molecule has 0 radical (unpaired) electrons. The smallest absolute Gasteiger partial charge is 0.270 e. The van der Waals surface area contributed by atoms with Crippen molar-refractivity contribution in [2.45, 2.75) is 6.92 Å². The summed E-state index contributed by atoms with van der Waals surface area (Å²) in [5.41, 5.74) is 2.89. The van der Waals surface area contributed by atoms with E-state index in [9.17, 15) is 10.1 Å². The molecule has 0 aliphatic rings. The zero-order valence-electron chi connectivity index (χ0n) is 17.6. The Labute approximate surface area is 193 Å². The minimum atomic E-state index is -0.368. The topological polar surface area (TPSA) is 75.8 Å². The third-order valence-corrected chi connectivity index (χ3v) is 5.58. The van der Waals surface area contributed by atoms with Gasteiger partial charge in [0.1, 0.15) is 12.4 Å². The molecule has 0 N–H and O–H groups in total. The Morgan fingerprint density at radius 3 is 2.25 bits per heavy atom. The van der Waals surface area contributed by atoms with E-state index in [1.165, 1.54) is 6.07 Å². The largest absolute Gasteiger partial charge is 0.491 e. The highest BCUT2D eigenvalue weighted by molar-refractivity contribution is 9.10. The van der Waals surface area contributed by atoms with E-state index in [4.69, 9.17) is 14.2 Å². The van der Waals surface area contributed by atoms with Gasteiger partial charge in [0.15, 0.2) is 0 Å². The van der Waals surface area contributed by atoms with Gasteiger partial charge in [0.05, 0.1) is 35.8 Å². The van der Waals surface area contributed by atoms with Gasteiger partial charge in [-0.1, -0.05) is 15.9 Å². The Balaban J connectivity index is 1.58. The summed E-state index contributed by atoms with van der Waals surface area (Å²) in [5, 5.41) is 13.1. The lowest BCUT2D eigenvalue weighted by molar-refractivity contribution is -0.384. The predicted molar refractivity (Wildman–Crippen MR) is 128 cm³/mol. The van der Waals surface area contributed by atoms with Crippen molar-refractivity contribution in [3.05, 3.63) is 75.3 Å². The van der Waals surface area contributed by atoms with Crippen molar-refractivity contribution < 1.29 is 19.1 Å². The molecule has 4 aromatic rings. The average molecular weight is 499 g/mol. The number of non-ortho nitro benzene ring substituents is 1. The van der Waals surface area contributed by atoms with E-state index in [1.54, 1.807) is 12.1 Å². The molecule has 32 heavy (non-hydrogen) atoms. The first-order valence-electron chi connectivity index (χ1n) is 10.4. The van der Waals surface area contributed by atoms with Gasteiger partial charge in [-0.3, -0.25) is 10.1 Å². The quantitative estimate of drug-likeness (QED) is 0.155. The molecule has 3 aromatic carbocycles. The van der Waals surface area contributed by atoms with E-state index >= 15 is 0 Å². The van der Waals surface area contributed by atoms with Crippen molar-refractivity contribution >= 4 is 43.4 Å². The van der Waals surface area contributed by atoms with Gasteiger partial charge >= 0.3 is 0 Å². The van der Waals surface area contributed by atoms with Crippen molar-refractivity contribution in [2.75, 3.05) is 33.0 Å². The van der Waals surface area contributed by atoms with Crippen molar-refractivity contribution in [3.63, 3.8) is 0 Å². The lowest BCUT2D eigenvalue weighted by Crippen LogP contribution is -2.10. The summed E-state index contributed by atoms with van der Waals surface area (Å²) in [6.07, 6.45) is 0. The Morgan fingerprint density at radius 1 is 0.875 bits per heavy atom. The number of benzene rings is 3. The maximum atomic E-state index is 11.3. The minimum absolute atomic E-state index is 0.0729. The molecule has 0 saturated carbocycles. The summed E-state index contributed by atoms with van der Waals surface area (Å²) in [4.78, 5) is 10.9. The third kappa shape index (κ3) is 4.77. The van der Waals surface area contributed by atoms with E-state index in [0.717, 1.165) is 37.7 Å². The summed E-state index contributed by atoms with van der Waals surface area (Å²) in [5.74, 6) is 0.751. The van der Waals surface area contributed by atoms with Crippen LogP contribution in [0.5, 0.6) is 5.75 Å². The van der Waals surface area contributed by atoms with E-state index in [0.29, 0.717) is 33.0 Å². The Bertz CT molecular complexity index is 1240. The molecule has 1 heterocycles. The van der Waals surface area contributed by atoms with Crippen LogP contribution in [-0.4, -0.2) is 42.5 Å². The normalized spacial score (nSPS) is 11.3. The SMILES string of the molecule is CCOCCOCCOc1ccc(-n2c3ccc(Br)cc3c3cc([N+](=O)[O-])ccc32)cc1. The first-order valence-corrected chi connectivity index (χ1v) is 11.1. The number of nitro groups is 1. The molecule has 7 nitrogen and oxygen atoms in total. The van der Waals surface area contributed by atoms with Crippen molar-refractivity contribution in [2.24, 2.45) is 0 Å². The fourth-order valence-corrected chi connectivity index (χ4v) is 4.01. The molecule has 166 valence electrons. The first-order chi connectivity index (χ1) is 15.6. The second-order valence-electron chi connectivity index (χ2n) is 7.11. The highest BCUT2D eigenvalue weighted by Gasteiger charge is 2.16. The number of fused-ring (bicyclic) bond motifs is 3. The molecule has 0 unspecified atom stereocenters. The molecule has 0 saturated heterocycles. The fourth-order valence-electron chi connectivity index (χ4n) is 3.65. The molecule has 4 rings (SSSR count). The van der Waals surface area contributed by atoms with Crippen LogP contribution < -0.4 is 4.74 Å². The Hall–Kier alpha value is -2.94. The maximum Gasteiger partial charge on any atom is 0.270 e. The van der Waals surface area contributed by atoms with Crippen LogP contribution in [0.4, 0.5) is 5.69 Å². The standard InChI is InChI=1S/C24H23BrN2O5/c1-2-30-11-12-31-13-14-32-20-7-4-18(5-8-20)26-23-9-3-17(25)15-21(23)22-16-19(27(28)29)6-10-24(22)26/h3-10,15-16H,2,11-14H2,1H3. The summed E-state index contributed by atoms with van der Waals surface area (Å²) in [7, 11) is 0. The highest BCUT2D eigenvalue weighted by Crippen LogP contribution is 2.35. The zero-order valence-corrected chi connectivity index (χ0v) is 19.2. The molecule has 0 atom stereocenters. The van der Waals surface area contributed by atoms with Gasteiger partial charge in [0, 0.05) is 39.7 Å². The van der Waals surface area contributed by atoms with Crippen molar-refractivity contribution in [3.8, 4) is 11.4 Å². The van der Waals surface area contributed by atoms with Gasteiger partial charge in [-0.05, 0) is 55.5 Å². The predicted octanol–water partition coefficient (Wildman–Crippen LogP) is 5.89. The van der Waals surface area contributed by atoms with E-state index in [1.807, 2.05) is 49.4 Å². The van der Waals surface area contributed by atoms with Gasteiger partial charge in [-0.15, -0.1) is 0 Å². The van der Waals surface area contributed by atoms with Gasteiger partial charge in [-0.2, -0.15) is 0 Å². The van der Waals surface area contributed by atoms with Gasteiger partial charge in [-0.25, -0.2) is 0 Å². The van der Waals surface area contributed by atoms with Gasteiger partial charge < -0.3 is 18.8 Å². The van der Waals surface area contributed by atoms with Crippen LogP contribution in [0.1, 0.15) is 6.92 Å². The number of rotatable bonds is 10. The lowest BCUT2D eigenvalue weighted by Gasteiger charge is -2.10. The number of hydrogen-bond acceptors (Lipinski definition) is 5. The fraction of sp³-hybridized carbons (Fsp3) is 0.250. The Kier molecular flexibility index (Phi) is 7.04. The van der Waals surface area contributed by atoms with Crippen molar-refractivity contribution in [1.29, 1.82) is 0 Å². The average Bonchev–Trinajstić information content (AvgIpc) is 3.12. The molecule has 0 aliphatic heterocycles. The van der Waals surface area contributed by atoms with E-state index in [2.05, 4.69) is 20.5 Å². The van der Waals surface area contributed by atoms with Crippen LogP contribution in [0.2, 0.25) is 0 Å². The molecule has 8 heteroatoms. The Morgan fingerprint density at radius 2 is 1.53 bits per heavy atom. The number of nitrogens with zero attached hydrogens (tertiary/aromatic N) is 2. The van der Waals surface area contributed by atoms with E-state index in [-0.39, 0.29) is 10.6 Å². The first kappa shape index (κ1) is 22.3. The van der Waals surface area contributed by atoms with Gasteiger partial charge in [0.25, 0.3) is 5.69 Å². The maximum absolute atomic E-state index is 11.3.